The van der Waals surface area contributed by atoms with Gasteiger partial charge in [0.1, 0.15) is 0 Å². The number of nitrogens with zero attached hydrogens (tertiary/aromatic N) is 1. The van der Waals surface area contributed by atoms with Crippen LogP contribution in [-0.4, -0.2) is 48.7 Å². The third-order valence-corrected chi connectivity index (χ3v) is 5.80. The molecule has 7 heteroatoms. The summed E-state index contributed by atoms with van der Waals surface area (Å²) in [5, 5.41) is 8.57. The van der Waals surface area contributed by atoms with Gasteiger partial charge in [-0.05, 0) is 31.7 Å². The normalized spacial score (nSPS) is 23.9. The van der Waals surface area contributed by atoms with Gasteiger partial charge in [-0.25, -0.2) is 8.42 Å². The zero-order chi connectivity index (χ0) is 14.5. The van der Waals surface area contributed by atoms with Crippen LogP contribution in [0.15, 0.2) is 0 Å². The second kappa shape index (κ2) is 7.21. The van der Waals surface area contributed by atoms with Crippen molar-refractivity contribution < 1.29 is 18.3 Å². The molecule has 1 aliphatic rings. The van der Waals surface area contributed by atoms with Crippen LogP contribution < -0.4 is 5.73 Å². The van der Waals surface area contributed by atoms with Crippen molar-refractivity contribution >= 4 is 16.0 Å². The van der Waals surface area contributed by atoms with Crippen molar-refractivity contribution in [3.63, 3.8) is 0 Å². The average molecular weight is 292 g/mol. The van der Waals surface area contributed by atoms with Crippen molar-refractivity contribution in [3.05, 3.63) is 0 Å². The maximum Gasteiger partial charge on any atom is 0.303 e. The molecule has 1 saturated carbocycles. The van der Waals surface area contributed by atoms with Gasteiger partial charge in [-0.1, -0.05) is 13.3 Å². The summed E-state index contributed by atoms with van der Waals surface area (Å²) >= 11 is 0. The Morgan fingerprint density at radius 1 is 1.42 bits per heavy atom. The standard InChI is InChI=1S/C12H24N2O4S/c1-2-14(11-6-3-5-10(11)9-13)19(17,18)8-4-7-12(15)16/h10-11H,2-9,13H2,1H3,(H,15,16). The van der Waals surface area contributed by atoms with E-state index in [1.165, 1.54) is 4.31 Å². The number of nitrogens with two attached hydrogens (primary N) is 1. The molecule has 0 aromatic carbocycles. The molecule has 112 valence electrons. The lowest BCUT2D eigenvalue weighted by molar-refractivity contribution is -0.137. The van der Waals surface area contributed by atoms with Crippen LogP contribution in [0.2, 0.25) is 0 Å². The SMILES string of the molecule is CCN(C1CCCC1CN)S(=O)(=O)CCCC(=O)O. The summed E-state index contributed by atoms with van der Waals surface area (Å²) in [4.78, 5) is 10.5. The molecule has 0 amide bonds. The quantitative estimate of drug-likeness (QED) is 0.683. The molecule has 1 fully saturated rings. The van der Waals surface area contributed by atoms with Gasteiger partial charge >= 0.3 is 5.97 Å². The second-order valence-electron chi connectivity index (χ2n) is 5.01. The Labute approximate surface area is 115 Å². The zero-order valence-corrected chi connectivity index (χ0v) is 12.2. The van der Waals surface area contributed by atoms with E-state index >= 15 is 0 Å². The van der Waals surface area contributed by atoms with E-state index in [9.17, 15) is 13.2 Å². The summed E-state index contributed by atoms with van der Waals surface area (Å²) in [6.45, 7) is 2.75. The molecule has 3 N–H and O–H groups in total. The second-order valence-corrected chi connectivity index (χ2v) is 7.05. The summed E-state index contributed by atoms with van der Waals surface area (Å²) in [5.74, 6) is -0.825. The number of carboxylic acids is 1. The minimum absolute atomic E-state index is 0.00942. The Bertz CT molecular complexity index is 397. The van der Waals surface area contributed by atoms with Crippen molar-refractivity contribution in [2.75, 3.05) is 18.8 Å². The first-order valence-electron chi connectivity index (χ1n) is 6.83. The van der Waals surface area contributed by atoms with E-state index in [1.807, 2.05) is 6.92 Å². The molecule has 1 aliphatic carbocycles. The van der Waals surface area contributed by atoms with E-state index in [1.54, 1.807) is 0 Å². The van der Waals surface area contributed by atoms with Crippen molar-refractivity contribution in [2.24, 2.45) is 11.7 Å². The molecule has 6 nitrogen and oxygen atoms in total. The topological polar surface area (TPSA) is 101 Å². The number of hydrogen-bond donors (Lipinski definition) is 2. The van der Waals surface area contributed by atoms with Crippen LogP contribution >= 0.6 is 0 Å². The molecule has 0 aromatic rings. The van der Waals surface area contributed by atoms with Crippen LogP contribution in [0.4, 0.5) is 0 Å². The number of carbonyl (C=O) groups is 1. The number of hydrogen-bond acceptors (Lipinski definition) is 4. The number of aliphatic carboxylic acids is 1. The van der Waals surface area contributed by atoms with Crippen molar-refractivity contribution in [1.82, 2.24) is 4.31 Å². The van der Waals surface area contributed by atoms with Gasteiger partial charge in [0.25, 0.3) is 0 Å². The monoisotopic (exact) mass is 292 g/mol. The van der Waals surface area contributed by atoms with Crippen molar-refractivity contribution in [1.29, 1.82) is 0 Å². The summed E-state index contributed by atoms with van der Waals surface area (Å²) in [6, 6.07) is -0.00942. The van der Waals surface area contributed by atoms with Crippen molar-refractivity contribution in [2.45, 2.75) is 45.1 Å². The van der Waals surface area contributed by atoms with E-state index < -0.39 is 16.0 Å². The first-order chi connectivity index (χ1) is 8.92. The minimum atomic E-state index is -3.38. The van der Waals surface area contributed by atoms with Crippen LogP contribution in [0, 0.1) is 5.92 Å². The van der Waals surface area contributed by atoms with Gasteiger partial charge in [-0.3, -0.25) is 4.79 Å². The van der Waals surface area contributed by atoms with E-state index in [0.29, 0.717) is 13.1 Å². The molecule has 2 unspecified atom stereocenters. The Hall–Kier alpha value is -0.660. The largest absolute Gasteiger partial charge is 0.481 e. The first-order valence-corrected chi connectivity index (χ1v) is 8.44. The number of rotatable bonds is 8. The van der Waals surface area contributed by atoms with E-state index in [-0.39, 0.29) is 30.6 Å². The molecular weight excluding hydrogens is 268 g/mol. The molecule has 0 saturated heterocycles. The predicted molar refractivity (Wildman–Crippen MR) is 73.2 cm³/mol. The highest BCUT2D eigenvalue weighted by Crippen LogP contribution is 2.31. The zero-order valence-electron chi connectivity index (χ0n) is 11.4. The van der Waals surface area contributed by atoms with E-state index in [0.717, 1.165) is 19.3 Å². The molecule has 0 spiro atoms. The fourth-order valence-corrected chi connectivity index (χ4v) is 4.66. The Morgan fingerprint density at radius 3 is 2.63 bits per heavy atom. The van der Waals surface area contributed by atoms with E-state index in [4.69, 9.17) is 10.8 Å². The maximum atomic E-state index is 12.3. The third kappa shape index (κ3) is 4.43. The average Bonchev–Trinajstić information content (AvgIpc) is 2.76. The number of carboxylic acid groups (broad SMARTS) is 1. The van der Waals surface area contributed by atoms with Gasteiger partial charge < -0.3 is 10.8 Å². The van der Waals surface area contributed by atoms with Gasteiger partial charge in [-0.15, -0.1) is 0 Å². The predicted octanol–water partition coefficient (Wildman–Crippen LogP) is 0.630. The molecule has 0 aliphatic heterocycles. The van der Waals surface area contributed by atoms with Gasteiger partial charge in [0.15, 0.2) is 0 Å². The molecule has 0 radical (unpaired) electrons. The highest BCUT2D eigenvalue weighted by molar-refractivity contribution is 7.89. The summed E-state index contributed by atoms with van der Waals surface area (Å²) in [6.07, 6.45) is 2.89. The van der Waals surface area contributed by atoms with Gasteiger partial charge in [0, 0.05) is 19.0 Å². The van der Waals surface area contributed by atoms with Gasteiger partial charge in [0.2, 0.25) is 10.0 Å². The van der Waals surface area contributed by atoms with Gasteiger partial charge in [0.05, 0.1) is 5.75 Å². The first kappa shape index (κ1) is 16.4. The Balaban J connectivity index is 2.69. The molecule has 0 bridgehead atoms. The van der Waals surface area contributed by atoms with Crippen molar-refractivity contribution in [3.8, 4) is 0 Å². The van der Waals surface area contributed by atoms with Crippen LogP contribution in [-0.2, 0) is 14.8 Å². The smallest absolute Gasteiger partial charge is 0.303 e. The van der Waals surface area contributed by atoms with E-state index in [2.05, 4.69) is 0 Å². The summed E-state index contributed by atoms with van der Waals surface area (Å²) < 4.78 is 26.1. The van der Waals surface area contributed by atoms with Crippen LogP contribution in [0.3, 0.4) is 0 Å². The highest BCUT2D eigenvalue weighted by atomic mass is 32.2. The lowest BCUT2D eigenvalue weighted by Crippen LogP contribution is -2.45. The molecular formula is C12H24N2O4S. The maximum absolute atomic E-state index is 12.3. The summed E-state index contributed by atoms with van der Waals surface area (Å²) in [5.41, 5.74) is 5.70. The minimum Gasteiger partial charge on any atom is -0.481 e. The fraction of sp³-hybridized carbons (Fsp3) is 0.917. The third-order valence-electron chi connectivity index (χ3n) is 3.75. The Kier molecular flexibility index (Phi) is 6.22. The van der Waals surface area contributed by atoms with Crippen LogP contribution in [0.1, 0.15) is 39.0 Å². The molecule has 19 heavy (non-hydrogen) atoms. The lowest BCUT2D eigenvalue weighted by Gasteiger charge is -2.30. The number of sulfonamides is 1. The van der Waals surface area contributed by atoms with Crippen LogP contribution in [0.25, 0.3) is 0 Å². The Morgan fingerprint density at radius 2 is 2.11 bits per heavy atom. The molecule has 0 heterocycles. The fourth-order valence-electron chi connectivity index (χ4n) is 2.83. The lowest BCUT2D eigenvalue weighted by atomic mass is 10.0. The van der Waals surface area contributed by atoms with Crippen LogP contribution in [0.5, 0.6) is 0 Å². The molecule has 2 atom stereocenters. The van der Waals surface area contributed by atoms with Gasteiger partial charge in [-0.2, -0.15) is 4.31 Å². The molecule has 0 aromatic heterocycles. The molecule has 1 rings (SSSR count). The highest BCUT2D eigenvalue weighted by Gasteiger charge is 2.36. The summed E-state index contributed by atoms with van der Waals surface area (Å²) in [7, 11) is -3.38.